The molecule has 0 atom stereocenters. The van der Waals surface area contributed by atoms with Crippen LogP contribution < -0.4 is 15.5 Å². The molecule has 2 aromatic rings. The molecule has 1 aliphatic heterocycles. The van der Waals surface area contributed by atoms with Gasteiger partial charge in [-0.25, -0.2) is 0 Å². The van der Waals surface area contributed by atoms with Crippen LogP contribution in [0, 0.1) is 0 Å². The van der Waals surface area contributed by atoms with E-state index in [1.807, 2.05) is 59.5 Å². The molecule has 0 unspecified atom stereocenters. The highest BCUT2D eigenvalue weighted by molar-refractivity contribution is 7.80. The van der Waals surface area contributed by atoms with Crippen LogP contribution in [0.2, 0.25) is 0 Å². The molecular weight excluding hydrogens is 360 g/mol. The lowest BCUT2D eigenvalue weighted by Gasteiger charge is -2.36. The highest BCUT2D eigenvalue weighted by Crippen LogP contribution is 2.20. The molecule has 0 saturated carbocycles. The summed E-state index contributed by atoms with van der Waals surface area (Å²) in [7, 11) is 0. The first-order valence-electron chi connectivity index (χ1n) is 8.81. The largest absolute Gasteiger partial charge is 0.368 e. The van der Waals surface area contributed by atoms with Crippen LogP contribution in [0.3, 0.4) is 0 Å². The molecule has 1 aliphatic rings. The van der Waals surface area contributed by atoms with Crippen LogP contribution in [0.25, 0.3) is 0 Å². The maximum Gasteiger partial charge on any atom is 0.253 e. The number of anilines is 2. The van der Waals surface area contributed by atoms with Crippen molar-refractivity contribution in [3.05, 3.63) is 60.2 Å². The van der Waals surface area contributed by atoms with Gasteiger partial charge in [-0.1, -0.05) is 18.2 Å². The van der Waals surface area contributed by atoms with Gasteiger partial charge in [-0.05, 0) is 48.6 Å². The van der Waals surface area contributed by atoms with Crippen molar-refractivity contribution >= 4 is 40.5 Å². The van der Waals surface area contributed by atoms with Crippen LogP contribution in [-0.4, -0.2) is 48.0 Å². The maximum absolute atomic E-state index is 12.5. The van der Waals surface area contributed by atoms with E-state index in [2.05, 4.69) is 15.5 Å². The molecule has 0 spiro atoms. The van der Waals surface area contributed by atoms with Gasteiger partial charge in [-0.2, -0.15) is 0 Å². The average molecular weight is 382 g/mol. The van der Waals surface area contributed by atoms with Crippen LogP contribution in [0.15, 0.2) is 54.6 Å². The summed E-state index contributed by atoms with van der Waals surface area (Å²) < 4.78 is 0. The number of amides is 2. The molecule has 0 radical (unpaired) electrons. The number of hydrogen-bond acceptors (Lipinski definition) is 4. The molecule has 7 heteroatoms. The second-order valence-corrected chi connectivity index (χ2v) is 6.74. The normalized spacial score (nSPS) is 13.8. The van der Waals surface area contributed by atoms with E-state index in [0.717, 1.165) is 30.0 Å². The van der Waals surface area contributed by atoms with Gasteiger partial charge in [0.25, 0.3) is 5.91 Å². The molecule has 1 saturated heterocycles. The highest BCUT2D eigenvalue weighted by atomic mass is 32.1. The first kappa shape index (κ1) is 18.8. The second kappa shape index (κ2) is 8.64. The third-order valence-corrected chi connectivity index (χ3v) is 4.57. The van der Waals surface area contributed by atoms with Gasteiger partial charge in [-0.15, -0.1) is 0 Å². The number of carbonyl (C=O) groups excluding carboxylic acids is 2. The van der Waals surface area contributed by atoms with E-state index >= 15 is 0 Å². The summed E-state index contributed by atoms with van der Waals surface area (Å²) in [5.74, 6) is -0.117. The molecular formula is C20H22N4O2S. The number of benzene rings is 2. The summed E-state index contributed by atoms with van der Waals surface area (Å²) in [4.78, 5) is 27.7. The SMILES string of the molecule is CC(=O)NC(=S)Nc1ccc(N2CCN(C(=O)c3ccccc3)CC2)cc1. The van der Waals surface area contributed by atoms with Crippen molar-refractivity contribution in [1.29, 1.82) is 0 Å². The smallest absolute Gasteiger partial charge is 0.253 e. The van der Waals surface area contributed by atoms with Crippen molar-refractivity contribution in [3.63, 3.8) is 0 Å². The van der Waals surface area contributed by atoms with Crippen LogP contribution in [-0.2, 0) is 4.79 Å². The maximum atomic E-state index is 12.5. The molecule has 6 nitrogen and oxygen atoms in total. The third-order valence-electron chi connectivity index (χ3n) is 4.37. The monoisotopic (exact) mass is 382 g/mol. The van der Waals surface area contributed by atoms with Gasteiger partial charge >= 0.3 is 0 Å². The van der Waals surface area contributed by atoms with Gasteiger partial charge in [-0.3, -0.25) is 9.59 Å². The molecule has 1 heterocycles. The Hall–Kier alpha value is -2.93. The Balaban J connectivity index is 1.54. The summed E-state index contributed by atoms with van der Waals surface area (Å²) in [6.07, 6.45) is 0. The Morgan fingerprint density at radius 3 is 2.15 bits per heavy atom. The molecule has 1 fully saturated rings. The van der Waals surface area contributed by atoms with Gasteiger partial charge < -0.3 is 20.4 Å². The van der Waals surface area contributed by atoms with Crippen molar-refractivity contribution in [2.75, 3.05) is 36.4 Å². The van der Waals surface area contributed by atoms with Gasteiger partial charge in [0.05, 0.1) is 0 Å². The van der Waals surface area contributed by atoms with Gasteiger partial charge in [0.2, 0.25) is 5.91 Å². The summed E-state index contributed by atoms with van der Waals surface area (Å²) >= 11 is 5.06. The predicted octanol–water partition coefficient (Wildman–Crippen LogP) is 2.48. The Morgan fingerprint density at radius 2 is 1.56 bits per heavy atom. The minimum Gasteiger partial charge on any atom is -0.368 e. The van der Waals surface area contributed by atoms with Crippen LogP contribution in [0.1, 0.15) is 17.3 Å². The molecule has 0 aromatic heterocycles. The minimum absolute atomic E-state index is 0.0845. The lowest BCUT2D eigenvalue weighted by Crippen LogP contribution is -2.48. The number of hydrogen-bond donors (Lipinski definition) is 2. The predicted molar refractivity (Wildman–Crippen MR) is 111 cm³/mol. The standard InChI is InChI=1S/C20H22N4O2S/c1-15(25)21-20(27)22-17-7-9-18(10-8-17)23-11-13-24(14-12-23)19(26)16-5-3-2-4-6-16/h2-10H,11-14H2,1H3,(H2,21,22,25,27). The van der Waals surface area contributed by atoms with Crippen LogP contribution in [0.5, 0.6) is 0 Å². The fraction of sp³-hybridized carbons (Fsp3) is 0.250. The molecule has 140 valence electrons. The van der Waals surface area contributed by atoms with Gasteiger partial charge in [0.15, 0.2) is 5.11 Å². The van der Waals surface area contributed by atoms with Crippen molar-refractivity contribution < 1.29 is 9.59 Å². The van der Waals surface area contributed by atoms with Gasteiger partial charge in [0, 0.05) is 50.0 Å². The van der Waals surface area contributed by atoms with E-state index in [0.29, 0.717) is 13.1 Å². The molecule has 27 heavy (non-hydrogen) atoms. The topological polar surface area (TPSA) is 64.7 Å². The lowest BCUT2D eigenvalue weighted by atomic mass is 10.1. The lowest BCUT2D eigenvalue weighted by molar-refractivity contribution is -0.117. The van der Waals surface area contributed by atoms with E-state index in [4.69, 9.17) is 12.2 Å². The fourth-order valence-corrected chi connectivity index (χ4v) is 3.27. The first-order valence-corrected chi connectivity index (χ1v) is 9.21. The van der Waals surface area contributed by atoms with E-state index in [-0.39, 0.29) is 16.9 Å². The zero-order valence-electron chi connectivity index (χ0n) is 15.1. The van der Waals surface area contributed by atoms with E-state index in [1.165, 1.54) is 6.92 Å². The van der Waals surface area contributed by atoms with Crippen molar-refractivity contribution in [3.8, 4) is 0 Å². The summed E-state index contributed by atoms with van der Waals surface area (Å²) in [6.45, 7) is 4.38. The number of rotatable bonds is 3. The number of carbonyl (C=O) groups is 2. The number of thiocarbonyl (C=S) groups is 1. The van der Waals surface area contributed by atoms with Crippen molar-refractivity contribution in [2.45, 2.75) is 6.92 Å². The van der Waals surface area contributed by atoms with Crippen LogP contribution in [0.4, 0.5) is 11.4 Å². The Morgan fingerprint density at radius 1 is 0.926 bits per heavy atom. The summed E-state index contributed by atoms with van der Waals surface area (Å²) in [5, 5.41) is 5.78. The third kappa shape index (κ3) is 5.04. The second-order valence-electron chi connectivity index (χ2n) is 6.33. The molecule has 3 rings (SSSR count). The zero-order valence-corrected chi connectivity index (χ0v) is 16.0. The average Bonchev–Trinajstić information content (AvgIpc) is 2.68. The van der Waals surface area contributed by atoms with E-state index in [9.17, 15) is 9.59 Å². The molecule has 2 aromatic carbocycles. The Kier molecular flexibility index (Phi) is 6.03. The first-order chi connectivity index (χ1) is 13.0. The Labute approximate surface area is 164 Å². The summed E-state index contributed by atoms with van der Waals surface area (Å²) in [5.41, 5.74) is 2.64. The Bertz CT molecular complexity index is 816. The highest BCUT2D eigenvalue weighted by Gasteiger charge is 2.22. The summed E-state index contributed by atoms with van der Waals surface area (Å²) in [6, 6.07) is 17.2. The van der Waals surface area contributed by atoms with E-state index in [1.54, 1.807) is 0 Å². The molecule has 0 bridgehead atoms. The minimum atomic E-state index is -0.202. The zero-order chi connectivity index (χ0) is 19.2. The fourth-order valence-electron chi connectivity index (χ4n) is 3.01. The molecule has 0 aliphatic carbocycles. The number of nitrogens with one attached hydrogen (secondary N) is 2. The van der Waals surface area contributed by atoms with Crippen molar-refractivity contribution in [1.82, 2.24) is 10.2 Å². The molecule has 2 amide bonds. The number of nitrogens with zero attached hydrogens (tertiary/aromatic N) is 2. The van der Waals surface area contributed by atoms with Crippen molar-refractivity contribution in [2.24, 2.45) is 0 Å². The number of piperazine rings is 1. The van der Waals surface area contributed by atoms with E-state index < -0.39 is 0 Å². The quantitative estimate of drug-likeness (QED) is 0.799. The van der Waals surface area contributed by atoms with Crippen LogP contribution >= 0.6 is 12.2 Å². The van der Waals surface area contributed by atoms with Gasteiger partial charge in [0.1, 0.15) is 0 Å². The molecule has 2 N–H and O–H groups in total.